The Morgan fingerprint density at radius 2 is 2.00 bits per heavy atom. The van der Waals surface area contributed by atoms with Gasteiger partial charge in [-0.05, 0) is 12.8 Å². The molecule has 0 atom stereocenters. The maximum Gasteiger partial charge on any atom is 0.279 e. The Bertz CT molecular complexity index is 229. The van der Waals surface area contributed by atoms with Crippen LogP contribution in [0.3, 0.4) is 0 Å². The highest BCUT2D eigenvalue weighted by Gasteiger charge is 2.15. The van der Waals surface area contributed by atoms with Gasteiger partial charge in [0.05, 0.1) is 0 Å². The van der Waals surface area contributed by atoms with Crippen molar-refractivity contribution in [3.63, 3.8) is 0 Å². The van der Waals surface area contributed by atoms with Crippen molar-refractivity contribution in [2.75, 3.05) is 26.7 Å². The highest BCUT2D eigenvalue weighted by atomic mass is 32.2. The molecule has 0 radical (unpaired) electrons. The van der Waals surface area contributed by atoms with Gasteiger partial charge in [-0.2, -0.15) is 12.7 Å². The summed E-state index contributed by atoms with van der Waals surface area (Å²) < 4.78 is 26.6. The van der Waals surface area contributed by atoms with Crippen LogP contribution in [0.15, 0.2) is 0 Å². The van der Waals surface area contributed by atoms with E-state index in [4.69, 9.17) is 5.11 Å². The van der Waals surface area contributed by atoms with Crippen LogP contribution < -0.4 is 4.72 Å². The molecule has 0 spiro atoms. The van der Waals surface area contributed by atoms with Crippen LogP contribution in [-0.4, -0.2) is 44.6 Å². The van der Waals surface area contributed by atoms with Crippen LogP contribution in [0.25, 0.3) is 0 Å². The Hall–Kier alpha value is -0.170. The average Bonchev–Trinajstić information content (AvgIpc) is 2.14. The molecule has 0 aliphatic carbocycles. The minimum Gasteiger partial charge on any atom is -0.396 e. The normalized spacial score (nSPS) is 12.3. The number of aliphatic hydroxyl groups excluding tert-OH is 1. The van der Waals surface area contributed by atoms with Crippen LogP contribution in [0, 0.1) is 0 Å². The Kier molecular flexibility index (Phi) is 7.08. The Morgan fingerprint density at radius 1 is 1.36 bits per heavy atom. The van der Waals surface area contributed by atoms with Crippen LogP contribution in [0.5, 0.6) is 0 Å². The molecule has 0 fully saturated rings. The molecule has 0 aliphatic rings. The maximum atomic E-state index is 11.4. The predicted octanol–water partition coefficient (Wildman–Crippen LogP) is -0.0649. The Morgan fingerprint density at radius 3 is 2.50 bits per heavy atom. The van der Waals surface area contributed by atoms with Gasteiger partial charge in [0.2, 0.25) is 0 Å². The number of unbranched alkanes of at least 4 members (excludes halogenated alkanes) is 1. The van der Waals surface area contributed by atoms with Crippen molar-refractivity contribution in [1.82, 2.24) is 9.03 Å². The number of aliphatic hydroxyl groups is 1. The first kappa shape index (κ1) is 13.8. The fourth-order valence-corrected chi connectivity index (χ4v) is 1.88. The minimum absolute atomic E-state index is 0.00118. The molecule has 0 aliphatic heterocycles. The van der Waals surface area contributed by atoms with Gasteiger partial charge in [-0.3, -0.25) is 0 Å². The molecule has 0 saturated carbocycles. The molecule has 0 aromatic carbocycles. The first-order chi connectivity index (χ1) is 6.54. The van der Waals surface area contributed by atoms with Gasteiger partial charge < -0.3 is 5.11 Å². The molecule has 86 valence electrons. The van der Waals surface area contributed by atoms with Crippen molar-refractivity contribution in [1.29, 1.82) is 0 Å². The van der Waals surface area contributed by atoms with E-state index in [-0.39, 0.29) is 13.2 Å². The zero-order chi connectivity index (χ0) is 11.0. The fourth-order valence-electron chi connectivity index (χ4n) is 0.891. The highest BCUT2D eigenvalue weighted by Crippen LogP contribution is 1.97. The fraction of sp³-hybridized carbons (Fsp3) is 1.00. The zero-order valence-electron chi connectivity index (χ0n) is 8.86. The van der Waals surface area contributed by atoms with Gasteiger partial charge in [-0.15, -0.1) is 0 Å². The van der Waals surface area contributed by atoms with Gasteiger partial charge in [0.15, 0.2) is 0 Å². The number of rotatable bonds is 8. The number of hydrogen-bond donors (Lipinski definition) is 2. The minimum atomic E-state index is -3.33. The van der Waals surface area contributed by atoms with Crippen molar-refractivity contribution >= 4 is 10.2 Å². The number of nitrogens with one attached hydrogen (secondary N) is 1. The molecule has 0 heterocycles. The van der Waals surface area contributed by atoms with Gasteiger partial charge >= 0.3 is 0 Å². The molecule has 0 aromatic heterocycles. The molecule has 14 heavy (non-hydrogen) atoms. The third-order valence-corrected chi connectivity index (χ3v) is 3.43. The SMILES string of the molecule is CCCCN(C)S(=O)(=O)NCCCO. The van der Waals surface area contributed by atoms with Crippen LogP contribution in [0.4, 0.5) is 0 Å². The van der Waals surface area contributed by atoms with Gasteiger partial charge in [-0.25, -0.2) is 4.72 Å². The van der Waals surface area contributed by atoms with Crippen molar-refractivity contribution in [2.45, 2.75) is 26.2 Å². The largest absolute Gasteiger partial charge is 0.396 e. The monoisotopic (exact) mass is 224 g/mol. The summed E-state index contributed by atoms with van der Waals surface area (Å²) in [7, 11) is -1.78. The van der Waals surface area contributed by atoms with Crippen LogP contribution in [0.2, 0.25) is 0 Å². The van der Waals surface area contributed by atoms with Gasteiger partial charge in [-0.1, -0.05) is 13.3 Å². The van der Waals surface area contributed by atoms with Crippen LogP contribution in [0.1, 0.15) is 26.2 Å². The molecule has 0 bridgehead atoms. The number of hydrogen-bond acceptors (Lipinski definition) is 3. The molecule has 0 saturated heterocycles. The Labute approximate surface area is 86.3 Å². The van der Waals surface area contributed by atoms with Crippen molar-refractivity contribution in [3.8, 4) is 0 Å². The molecule has 0 unspecified atom stereocenters. The summed E-state index contributed by atoms with van der Waals surface area (Å²) in [6.45, 7) is 2.83. The summed E-state index contributed by atoms with van der Waals surface area (Å²) in [6.07, 6.45) is 2.27. The van der Waals surface area contributed by atoms with Crippen molar-refractivity contribution in [3.05, 3.63) is 0 Å². The van der Waals surface area contributed by atoms with E-state index in [1.165, 1.54) is 4.31 Å². The highest BCUT2D eigenvalue weighted by molar-refractivity contribution is 7.87. The second-order valence-corrected chi connectivity index (χ2v) is 5.01. The maximum absolute atomic E-state index is 11.4. The quantitative estimate of drug-likeness (QED) is 0.567. The molecule has 6 heteroatoms. The molecule has 0 rings (SSSR count). The molecular formula is C8H20N2O3S. The Balaban J connectivity index is 3.91. The molecule has 0 aromatic rings. The van der Waals surface area contributed by atoms with E-state index >= 15 is 0 Å². The van der Waals surface area contributed by atoms with Crippen LogP contribution >= 0.6 is 0 Å². The predicted molar refractivity (Wildman–Crippen MR) is 56.2 cm³/mol. The second-order valence-electron chi connectivity index (χ2n) is 3.15. The number of nitrogens with zero attached hydrogens (tertiary/aromatic N) is 1. The van der Waals surface area contributed by atoms with Gasteiger partial charge in [0, 0.05) is 26.7 Å². The summed E-state index contributed by atoms with van der Waals surface area (Å²) in [6, 6.07) is 0. The van der Waals surface area contributed by atoms with Crippen LogP contribution in [-0.2, 0) is 10.2 Å². The third-order valence-electron chi connectivity index (χ3n) is 1.86. The summed E-state index contributed by atoms with van der Waals surface area (Å²) in [5.41, 5.74) is 0. The first-order valence-corrected chi connectivity index (χ1v) is 6.30. The molecular weight excluding hydrogens is 204 g/mol. The van der Waals surface area contributed by atoms with Gasteiger partial charge in [0.25, 0.3) is 10.2 Å². The zero-order valence-corrected chi connectivity index (χ0v) is 9.68. The second kappa shape index (κ2) is 7.17. The lowest BCUT2D eigenvalue weighted by atomic mass is 10.3. The van der Waals surface area contributed by atoms with E-state index in [1.807, 2.05) is 6.92 Å². The lowest BCUT2D eigenvalue weighted by molar-refractivity contribution is 0.289. The lowest BCUT2D eigenvalue weighted by Crippen LogP contribution is -2.39. The van der Waals surface area contributed by atoms with Crippen molar-refractivity contribution in [2.24, 2.45) is 0 Å². The molecule has 0 amide bonds. The molecule has 2 N–H and O–H groups in total. The van der Waals surface area contributed by atoms with E-state index in [0.717, 1.165) is 12.8 Å². The summed E-state index contributed by atoms with van der Waals surface area (Å²) in [4.78, 5) is 0. The van der Waals surface area contributed by atoms with E-state index in [1.54, 1.807) is 7.05 Å². The van der Waals surface area contributed by atoms with E-state index in [9.17, 15) is 8.42 Å². The summed E-state index contributed by atoms with van der Waals surface area (Å²) >= 11 is 0. The smallest absolute Gasteiger partial charge is 0.279 e. The van der Waals surface area contributed by atoms with E-state index in [0.29, 0.717) is 13.0 Å². The van der Waals surface area contributed by atoms with E-state index < -0.39 is 10.2 Å². The average molecular weight is 224 g/mol. The van der Waals surface area contributed by atoms with E-state index in [2.05, 4.69) is 4.72 Å². The topological polar surface area (TPSA) is 69.6 Å². The van der Waals surface area contributed by atoms with Gasteiger partial charge in [0.1, 0.15) is 0 Å². The lowest BCUT2D eigenvalue weighted by Gasteiger charge is -2.16. The summed E-state index contributed by atoms with van der Waals surface area (Å²) in [5, 5.41) is 8.49. The molecule has 5 nitrogen and oxygen atoms in total. The third kappa shape index (κ3) is 5.54. The standard InChI is InChI=1S/C8H20N2O3S/c1-3-4-7-10(2)14(12,13)9-6-5-8-11/h9,11H,3-8H2,1-2H3. The first-order valence-electron chi connectivity index (χ1n) is 4.86. The summed E-state index contributed by atoms with van der Waals surface area (Å²) in [5.74, 6) is 0. The van der Waals surface area contributed by atoms with Crippen molar-refractivity contribution < 1.29 is 13.5 Å².